The highest BCUT2D eigenvalue weighted by Gasteiger charge is 2.56. The lowest BCUT2D eigenvalue weighted by molar-refractivity contribution is -0.179. The van der Waals surface area contributed by atoms with Gasteiger partial charge in [-0.3, -0.25) is 18.8 Å². The van der Waals surface area contributed by atoms with Crippen molar-refractivity contribution >= 4 is 37.1 Å². The fourth-order valence-electron chi connectivity index (χ4n) is 4.68. The Labute approximate surface area is 235 Å². The maximum atomic E-state index is 16.1. The van der Waals surface area contributed by atoms with Crippen LogP contribution in [0.3, 0.4) is 0 Å². The number of nitrogen functional groups attached to an aromatic ring is 1. The molecule has 0 radical (unpaired) electrons. The van der Waals surface area contributed by atoms with E-state index in [0.717, 1.165) is 24.1 Å². The van der Waals surface area contributed by atoms with Gasteiger partial charge < -0.3 is 30.2 Å². The second kappa shape index (κ2) is 11.9. The molecule has 1 aliphatic carbocycles. The number of nitrogens with zero attached hydrogens (tertiary/aromatic N) is 5. The molecule has 1 saturated heterocycles. The zero-order valence-corrected chi connectivity index (χ0v) is 23.8. The SMILES string of the molecule is COC(=O)[C@H](C)N(OC[C@H]1O[C@@H](n2cnc3c(NC4CCC4)nc(N)nc32)[C@](C)(F)[C@@H]1O)[PH](=O)Oc1ccccc1. The molecule has 4 N–H and O–H groups in total. The number of carbonyl (C=O) groups excluding carboxylic acids is 1. The molecule has 1 unspecified atom stereocenters. The van der Waals surface area contributed by atoms with Crippen LogP contribution in [0.2, 0.25) is 0 Å². The standard InChI is InChI=1S/C25H33FN7O7P/c1-14(22(35)37-3)33(41(36)40-16-10-5-4-6-11-16)38-12-17-19(34)25(2,26)23(39-17)32-13-28-18-20(29-15-8-7-9-15)30-24(27)31-21(18)32/h4-6,10-11,13-15,17,19,23,34,41H,7-9,12H2,1-3H3,(H3,27,29,30,31)/t14-,17+,19+,23+,25+/m0/s1. The minimum Gasteiger partial charge on any atom is -0.468 e. The van der Waals surface area contributed by atoms with Gasteiger partial charge in [-0.2, -0.15) is 9.97 Å². The highest BCUT2D eigenvalue weighted by molar-refractivity contribution is 7.36. The molecule has 0 bridgehead atoms. The van der Waals surface area contributed by atoms with E-state index < -0.39 is 50.9 Å². The average Bonchev–Trinajstić information content (AvgIpc) is 3.43. The molecule has 2 fully saturated rings. The number of aliphatic hydroxyl groups excluding tert-OH is 1. The van der Waals surface area contributed by atoms with E-state index in [9.17, 15) is 14.5 Å². The first-order chi connectivity index (χ1) is 19.6. The summed E-state index contributed by atoms with van der Waals surface area (Å²) in [6.07, 6.45) is 0.150. The topological polar surface area (TPSA) is 176 Å². The van der Waals surface area contributed by atoms with Crippen LogP contribution < -0.4 is 15.6 Å². The fourth-order valence-corrected chi connectivity index (χ4v) is 5.71. The van der Waals surface area contributed by atoms with E-state index in [2.05, 4.69) is 20.3 Å². The lowest BCUT2D eigenvalue weighted by Crippen LogP contribution is -2.42. The van der Waals surface area contributed by atoms with Crippen LogP contribution in [0, 0.1) is 0 Å². The number of benzene rings is 1. The van der Waals surface area contributed by atoms with Crippen molar-refractivity contribution in [1.29, 1.82) is 0 Å². The second-order valence-corrected chi connectivity index (χ2v) is 11.3. The molecule has 2 aromatic heterocycles. The van der Waals surface area contributed by atoms with Crippen molar-refractivity contribution in [3.63, 3.8) is 0 Å². The summed E-state index contributed by atoms with van der Waals surface area (Å²) in [6.45, 7) is 2.13. The smallest absolute Gasteiger partial charge is 0.331 e. The van der Waals surface area contributed by atoms with E-state index in [1.807, 2.05) is 0 Å². The van der Waals surface area contributed by atoms with Crippen LogP contribution in [0.25, 0.3) is 11.2 Å². The van der Waals surface area contributed by atoms with Crippen molar-refractivity contribution < 1.29 is 37.7 Å². The number of alkyl halides is 1. The predicted molar refractivity (Wildman–Crippen MR) is 146 cm³/mol. The van der Waals surface area contributed by atoms with Crippen LogP contribution >= 0.6 is 8.18 Å². The number of para-hydroxylation sites is 1. The number of rotatable bonds is 11. The highest BCUT2D eigenvalue weighted by atomic mass is 31.1. The number of aromatic nitrogens is 4. The van der Waals surface area contributed by atoms with E-state index in [1.54, 1.807) is 30.3 Å². The molecule has 6 atom stereocenters. The number of fused-ring (bicyclic) bond motifs is 1. The fraction of sp³-hybridized carbons (Fsp3) is 0.520. The maximum Gasteiger partial charge on any atom is 0.331 e. The minimum atomic E-state index is -3.20. The van der Waals surface area contributed by atoms with Crippen molar-refractivity contribution in [1.82, 2.24) is 24.4 Å². The minimum absolute atomic E-state index is 0.0314. The summed E-state index contributed by atoms with van der Waals surface area (Å²) in [4.78, 5) is 31.6. The molecule has 14 nitrogen and oxygen atoms in total. The number of esters is 1. The van der Waals surface area contributed by atoms with Crippen LogP contribution in [0.15, 0.2) is 36.7 Å². The lowest BCUT2D eigenvalue weighted by Gasteiger charge is -2.27. The molecule has 5 rings (SSSR count). The Hall–Kier alpha value is -3.36. The van der Waals surface area contributed by atoms with Crippen molar-refractivity contribution in [3.8, 4) is 5.75 Å². The summed E-state index contributed by atoms with van der Waals surface area (Å²) in [5.74, 6) is -0.0495. The molecule has 3 aromatic rings. The number of carbonyl (C=O) groups is 1. The van der Waals surface area contributed by atoms with Gasteiger partial charge in [0.05, 0.1) is 20.0 Å². The van der Waals surface area contributed by atoms with Gasteiger partial charge in [0.15, 0.2) is 28.9 Å². The zero-order valence-electron chi connectivity index (χ0n) is 22.8. The van der Waals surface area contributed by atoms with Crippen LogP contribution in [0.5, 0.6) is 5.75 Å². The number of methoxy groups -OCH3 is 1. The number of ether oxygens (including phenoxy) is 2. The number of nitrogens with two attached hydrogens (primary N) is 1. The van der Waals surface area contributed by atoms with Gasteiger partial charge in [-0.1, -0.05) is 23.0 Å². The summed E-state index contributed by atoms with van der Waals surface area (Å²) in [5, 5.41) is 14.2. The Morgan fingerprint density at radius 2 is 2.10 bits per heavy atom. The molecule has 2 aliphatic rings. The number of imidazole rings is 1. The number of halogens is 1. The van der Waals surface area contributed by atoms with Gasteiger partial charge in [-0.15, -0.1) is 0 Å². The summed E-state index contributed by atoms with van der Waals surface area (Å²) in [7, 11) is -2.02. The number of anilines is 2. The predicted octanol–water partition coefficient (Wildman–Crippen LogP) is 2.62. The van der Waals surface area contributed by atoms with Crippen LogP contribution in [-0.4, -0.2) is 79.1 Å². The van der Waals surface area contributed by atoms with Gasteiger partial charge in [0.1, 0.15) is 24.0 Å². The molecule has 1 aliphatic heterocycles. The maximum absolute atomic E-state index is 16.1. The normalized spacial score (nSPS) is 26.0. The average molecular weight is 594 g/mol. The molecule has 3 heterocycles. The number of aliphatic hydroxyl groups is 1. The first kappa shape index (κ1) is 29.1. The van der Waals surface area contributed by atoms with Crippen LogP contribution in [-0.2, 0) is 23.7 Å². The zero-order chi connectivity index (χ0) is 29.3. The Bertz CT molecular complexity index is 1410. The van der Waals surface area contributed by atoms with Crippen LogP contribution in [0.1, 0.15) is 39.3 Å². The van der Waals surface area contributed by atoms with Gasteiger partial charge in [-0.25, -0.2) is 9.37 Å². The highest BCUT2D eigenvalue weighted by Crippen LogP contribution is 2.43. The second-order valence-electron chi connectivity index (χ2n) is 10.2. The number of hydroxylamine groups is 1. The summed E-state index contributed by atoms with van der Waals surface area (Å²) in [6, 6.07) is 7.40. The third-order valence-electron chi connectivity index (χ3n) is 7.25. The van der Waals surface area contributed by atoms with Gasteiger partial charge in [0.2, 0.25) is 5.95 Å². The van der Waals surface area contributed by atoms with Gasteiger partial charge >= 0.3 is 14.1 Å². The molecule has 0 amide bonds. The molecule has 222 valence electrons. The third-order valence-corrected chi connectivity index (χ3v) is 8.54. The third kappa shape index (κ3) is 5.86. The van der Waals surface area contributed by atoms with E-state index in [4.69, 9.17) is 24.6 Å². The van der Waals surface area contributed by atoms with E-state index in [0.29, 0.717) is 11.3 Å². The molecule has 41 heavy (non-hydrogen) atoms. The molecule has 1 aromatic carbocycles. The summed E-state index contributed by atoms with van der Waals surface area (Å²) in [5.41, 5.74) is 4.23. The van der Waals surface area contributed by atoms with Crippen molar-refractivity contribution in [3.05, 3.63) is 36.7 Å². The molecular formula is C25H33FN7O7P. The Balaban J connectivity index is 1.35. The van der Waals surface area contributed by atoms with Crippen LogP contribution in [0.4, 0.5) is 16.2 Å². The first-order valence-corrected chi connectivity index (χ1v) is 14.4. The largest absolute Gasteiger partial charge is 0.468 e. The summed E-state index contributed by atoms with van der Waals surface area (Å²) >= 11 is 0. The van der Waals surface area contributed by atoms with Gasteiger partial charge in [0, 0.05) is 6.04 Å². The van der Waals surface area contributed by atoms with Gasteiger partial charge in [-0.05, 0) is 45.2 Å². The Kier molecular flexibility index (Phi) is 8.43. The van der Waals surface area contributed by atoms with Crippen molar-refractivity contribution in [2.24, 2.45) is 0 Å². The summed E-state index contributed by atoms with van der Waals surface area (Å²) < 4.78 is 46.7. The van der Waals surface area contributed by atoms with E-state index >= 15 is 4.39 Å². The monoisotopic (exact) mass is 593 g/mol. The Morgan fingerprint density at radius 3 is 2.76 bits per heavy atom. The number of hydrogen-bond acceptors (Lipinski definition) is 12. The van der Waals surface area contributed by atoms with Gasteiger partial charge in [0.25, 0.3) is 0 Å². The number of nitrogens with one attached hydrogen (secondary N) is 1. The quantitative estimate of drug-likeness (QED) is 0.168. The molecule has 0 spiro atoms. The number of hydrogen-bond donors (Lipinski definition) is 3. The molecule has 16 heteroatoms. The lowest BCUT2D eigenvalue weighted by atomic mass is 9.93. The van der Waals surface area contributed by atoms with Crippen molar-refractivity contribution in [2.75, 3.05) is 24.8 Å². The Morgan fingerprint density at radius 1 is 1.37 bits per heavy atom. The molecular weight excluding hydrogens is 560 g/mol. The molecule has 1 saturated carbocycles. The van der Waals surface area contributed by atoms with E-state index in [1.165, 1.54) is 31.9 Å². The van der Waals surface area contributed by atoms with E-state index in [-0.39, 0.29) is 23.4 Å². The first-order valence-electron chi connectivity index (χ1n) is 13.2. The van der Waals surface area contributed by atoms with Crippen molar-refractivity contribution in [2.45, 2.75) is 69.3 Å².